The first-order chi connectivity index (χ1) is 17.7. The number of sulfonamides is 1. The van der Waals surface area contributed by atoms with Gasteiger partial charge in [0.2, 0.25) is 27.7 Å². The maximum atomic E-state index is 13.4. The highest BCUT2D eigenvalue weighted by molar-refractivity contribution is 7.93. The first kappa shape index (κ1) is 25.8. The number of hydrogen-bond acceptors (Lipinski definition) is 11. The number of methoxy groups -OCH3 is 2. The Morgan fingerprint density at radius 1 is 0.973 bits per heavy atom. The molecule has 1 N–H and O–H groups in total. The van der Waals surface area contributed by atoms with E-state index >= 15 is 0 Å². The molecule has 37 heavy (non-hydrogen) atoms. The van der Waals surface area contributed by atoms with Gasteiger partial charge in [0.25, 0.3) is 0 Å². The summed E-state index contributed by atoms with van der Waals surface area (Å²) < 4.78 is 54.9. The Bertz CT molecular complexity index is 1490. The quantitative estimate of drug-likeness (QED) is 0.339. The van der Waals surface area contributed by atoms with Crippen LogP contribution in [-0.2, 0) is 10.0 Å². The minimum atomic E-state index is -4.10. The fraction of sp³-hybridized carbons (Fsp3) is 0.318. The molecular weight excluding hydrogens is 505 g/mol. The van der Waals surface area contributed by atoms with Crippen molar-refractivity contribution >= 4 is 16.0 Å². The second-order valence-electron chi connectivity index (χ2n) is 8.07. The highest BCUT2D eigenvalue weighted by atomic mass is 32.2. The van der Waals surface area contributed by atoms with E-state index < -0.39 is 27.0 Å². The van der Waals surface area contributed by atoms with Crippen molar-refractivity contribution in [2.24, 2.45) is 0 Å². The van der Waals surface area contributed by atoms with Crippen molar-refractivity contribution in [1.29, 1.82) is 0 Å². The summed E-state index contributed by atoms with van der Waals surface area (Å²) in [5, 5.41) is 7.29. The van der Waals surface area contributed by atoms with Gasteiger partial charge < -0.3 is 9.47 Å². The Morgan fingerprint density at radius 2 is 1.62 bits per heavy atom. The van der Waals surface area contributed by atoms with Gasteiger partial charge in [-0.3, -0.25) is 14.3 Å². The lowest BCUT2D eigenvalue weighted by atomic mass is 10.1. The molecule has 0 fully saturated rings. The maximum absolute atomic E-state index is 13.4. The van der Waals surface area contributed by atoms with E-state index in [0.717, 1.165) is 18.0 Å². The molecule has 0 saturated heterocycles. The van der Waals surface area contributed by atoms with Gasteiger partial charge in [-0.25, -0.2) is 22.8 Å². The lowest BCUT2D eigenvalue weighted by Crippen LogP contribution is -2.31. The van der Waals surface area contributed by atoms with Crippen LogP contribution >= 0.6 is 0 Å². The number of halogens is 1. The van der Waals surface area contributed by atoms with Crippen molar-refractivity contribution in [3.8, 4) is 28.8 Å². The van der Waals surface area contributed by atoms with Crippen LogP contribution in [0.2, 0.25) is 0 Å². The van der Waals surface area contributed by atoms with Crippen LogP contribution in [0.5, 0.6) is 11.8 Å². The van der Waals surface area contributed by atoms with Crippen LogP contribution in [0.3, 0.4) is 0 Å². The van der Waals surface area contributed by atoms with Gasteiger partial charge in [0.05, 0.1) is 31.9 Å². The van der Waals surface area contributed by atoms with Crippen molar-refractivity contribution in [3.63, 3.8) is 0 Å². The van der Waals surface area contributed by atoms with Crippen LogP contribution in [0.25, 0.3) is 17.1 Å². The van der Waals surface area contributed by atoms with Gasteiger partial charge in [0.1, 0.15) is 12.2 Å². The van der Waals surface area contributed by atoms with Crippen LogP contribution in [0.15, 0.2) is 37.2 Å². The van der Waals surface area contributed by atoms with Crippen molar-refractivity contribution in [1.82, 2.24) is 39.7 Å². The molecule has 0 aliphatic heterocycles. The van der Waals surface area contributed by atoms with E-state index in [9.17, 15) is 12.8 Å². The summed E-state index contributed by atoms with van der Waals surface area (Å²) >= 11 is 0. The van der Waals surface area contributed by atoms with Gasteiger partial charge in [-0.15, -0.1) is 10.2 Å². The van der Waals surface area contributed by atoms with Crippen LogP contribution in [0.4, 0.5) is 10.3 Å². The lowest BCUT2D eigenvalue weighted by molar-refractivity contribution is 0.368. The van der Waals surface area contributed by atoms with E-state index in [-0.39, 0.29) is 35.0 Å². The van der Waals surface area contributed by atoms with E-state index in [1.54, 1.807) is 19.3 Å². The molecule has 2 atom stereocenters. The summed E-state index contributed by atoms with van der Waals surface area (Å²) in [6.07, 6.45) is 6.44. The summed E-state index contributed by atoms with van der Waals surface area (Å²) in [6, 6.07) is 1.81. The normalized spacial score (nSPS) is 13.1. The molecule has 0 aliphatic rings. The average molecular weight is 530 g/mol. The molecule has 0 bridgehead atoms. The largest absolute Gasteiger partial charge is 0.479 e. The van der Waals surface area contributed by atoms with Gasteiger partial charge in [-0.2, -0.15) is 9.97 Å². The number of hydrogen-bond donors (Lipinski definition) is 1. The number of aromatic nitrogens is 8. The molecule has 0 amide bonds. The van der Waals surface area contributed by atoms with Crippen molar-refractivity contribution in [3.05, 3.63) is 54.4 Å². The molecule has 4 aromatic heterocycles. The smallest absolute Gasteiger partial charge is 0.245 e. The highest BCUT2D eigenvalue weighted by Crippen LogP contribution is 2.35. The third-order valence-electron chi connectivity index (χ3n) is 5.64. The zero-order valence-corrected chi connectivity index (χ0v) is 21.4. The number of rotatable bonds is 9. The van der Waals surface area contributed by atoms with Crippen LogP contribution < -0.4 is 14.2 Å². The molecule has 0 unspecified atom stereocenters. The van der Waals surface area contributed by atoms with E-state index in [1.165, 1.54) is 32.0 Å². The Hall–Kier alpha value is -4.27. The summed E-state index contributed by atoms with van der Waals surface area (Å²) in [5.74, 6) is -0.870. The standard InChI is InChI=1S/C22H24FN9O4S/c1-12-6-15(8-24-7-12)19-29-30-22(32(19)17-20(35-4)27-11-28-21(17)36-5)31-37(33,34)14(3)13(2)18-25-9-16(23)10-26-18/h6-11,13-14H,1-5H3,(H,30,31)/t13-,14-/m1/s1. The summed E-state index contributed by atoms with van der Waals surface area (Å²) in [4.78, 5) is 20.3. The molecule has 0 aromatic carbocycles. The average Bonchev–Trinajstić information content (AvgIpc) is 3.29. The van der Waals surface area contributed by atoms with Crippen LogP contribution in [0.1, 0.15) is 31.2 Å². The summed E-state index contributed by atoms with van der Waals surface area (Å²) in [7, 11) is -1.30. The molecule has 0 aliphatic carbocycles. The predicted molar refractivity (Wildman–Crippen MR) is 130 cm³/mol. The number of anilines is 1. The monoisotopic (exact) mass is 529 g/mol. The molecule has 194 valence electrons. The Morgan fingerprint density at radius 3 is 2.22 bits per heavy atom. The molecular formula is C22H24FN9O4S. The minimum Gasteiger partial charge on any atom is -0.479 e. The number of pyridine rings is 1. The first-order valence-electron chi connectivity index (χ1n) is 11.0. The molecule has 0 radical (unpaired) electrons. The predicted octanol–water partition coefficient (Wildman–Crippen LogP) is 2.31. The van der Waals surface area contributed by atoms with Crippen molar-refractivity contribution in [2.45, 2.75) is 31.9 Å². The molecule has 0 spiro atoms. The number of nitrogens with zero attached hydrogens (tertiary/aromatic N) is 8. The molecule has 4 rings (SSSR count). The number of aryl methyl sites for hydroxylation is 1. The van der Waals surface area contributed by atoms with E-state index in [0.29, 0.717) is 5.56 Å². The third kappa shape index (κ3) is 5.16. The van der Waals surface area contributed by atoms with E-state index in [1.807, 2.05) is 13.0 Å². The fourth-order valence-corrected chi connectivity index (χ4v) is 4.75. The SMILES string of the molecule is COc1ncnc(OC)c1-n1c(NS(=O)(=O)[C@H](C)[C@@H](C)c2ncc(F)cn2)nnc1-c1cncc(C)c1. The van der Waals surface area contributed by atoms with Crippen LogP contribution in [0, 0.1) is 12.7 Å². The topological polar surface area (TPSA) is 160 Å². The fourth-order valence-electron chi connectivity index (χ4n) is 3.52. The molecule has 15 heteroatoms. The van der Waals surface area contributed by atoms with Gasteiger partial charge in [-0.1, -0.05) is 6.92 Å². The van der Waals surface area contributed by atoms with Crippen molar-refractivity contribution in [2.75, 3.05) is 18.9 Å². The lowest BCUT2D eigenvalue weighted by Gasteiger charge is -2.20. The molecule has 13 nitrogen and oxygen atoms in total. The van der Waals surface area contributed by atoms with E-state index in [4.69, 9.17) is 9.47 Å². The molecule has 4 heterocycles. The third-order valence-corrected chi connectivity index (χ3v) is 7.49. The zero-order valence-electron chi connectivity index (χ0n) is 20.6. The second kappa shape index (κ2) is 10.4. The van der Waals surface area contributed by atoms with E-state index in [2.05, 4.69) is 39.8 Å². The molecule has 4 aromatic rings. The summed E-state index contributed by atoms with van der Waals surface area (Å²) in [6.45, 7) is 4.97. The van der Waals surface area contributed by atoms with Crippen LogP contribution in [-0.4, -0.2) is 67.6 Å². The van der Waals surface area contributed by atoms with Gasteiger partial charge in [0, 0.05) is 23.9 Å². The van der Waals surface area contributed by atoms with Gasteiger partial charge >= 0.3 is 0 Å². The van der Waals surface area contributed by atoms with Gasteiger partial charge in [-0.05, 0) is 25.5 Å². The highest BCUT2D eigenvalue weighted by Gasteiger charge is 2.33. The Labute approximate surface area is 212 Å². The first-order valence-corrected chi connectivity index (χ1v) is 12.5. The minimum absolute atomic E-state index is 0.0927. The number of nitrogens with one attached hydrogen (secondary N) is 1. The maximum Gasteiger partial charge on any atom is 0.245 e. The summed E-state index contributed by atoms with van der Waals surface area (Å²) in [5.41, 5.74) is 1.57. The molecule has 0 saturated carbocycles. The Kier molecular flexibility index (Phi) is 7.24. The second-order valence-corrected chi connectivity index (χ2v) is 10.1. The number of ether oxygens (including phenoxy) is 2. The van der Waals surface area contributed by atoms with Crippen molar-refractivity contribution < 1.29 is 22.3 Å². The zero-order chi connectivity index (χ0) is 26.7. The Balaban J connectivity index is 1.83. The van der Waals surface area contributed by atoms with Gasteiger partial charge in [0.15, 0.2) is 17.3 Å².